The first-order valence-corrected chi connectivity index (χ1v) is 10.8. The summed E-state index contributed by atoms with van der Waals surface area (Å²) in [5.41, 5.74) is 2.37. The van der Waals surface area contributed by atoms with Gasteiger partial charge in [0.2, 0.25) is 0 Å². The first kappa shape index (κ1) is 21.7. The number of carbonyl (C=O) groups excluding carboxylic acids is 1. The van der Waals surface area contributed by atoms with Crippen molar-refractivity contribution in [2.45, 2.75) is 32.7 Å². The van der Waals surface area contributed by atoms with Gasteiger partial charge in [-0.1, -0.05) is 6.42 Å². The number of hydrogen-bond acceptors (Lipinski definition) is 5. The number of ether oxygens (including phenoxy) is 3. The van der Waals surface area contributed by atoms with E-state index in [-0.39, 0.29) is 18.1 Å². The topological polar surface area (TPSA) is 78.8 Å². The summed E-state index contributed by atoms with van der Waals surface area (Å²) in [5.74, 6) is 1.91. The number of hydrogen-bond donors (Lipinski definition) is 1. The van der Waals surface area contributed by atoms with E-state index in [2.05, 4.69) is 5.32 Å². The van der Waals surface area contributed by atoms with Crippen molar-refractivity contribution in [3.8, 4) is 17.2 Å². The summed E-state index contributed by atoms with van der Waals surface area (Å²) in [6.07, 6.45) is 3.55. The summed E-state index contributed by atoms with van der Waals surface area (Å²) in [6, 6.07) is 12.5. The van der Waals surface area contributed by atoms with Crippen molar-refractivity contribution in [2.24, 2.45) is 5.92 Å². The van der Waals surface area contributed by atoms with Crippen molar-refractivity contribution in [1.29, 1.82) is 0 Å². The Morgan fingerprint density at radius 2 is 1.84 bits per heavy atom. The van der Waals surface area contributed by atoms with E-state index in [4.69, 9.17) is 14.2 Å². The van der Waals surface area contributed by atoms with Crippen LogP contribution in [0.3, 0.4) is 0 Å². The van der Waals surface area contributed by atoms with Crippen LogP contribution in [-0.2, 0) is 11.3 Å². The zero-order valence-corrected chi connectivity index (χ0v) is 18.6. The molecule has 168 valence electrons. The van der Waals surface area contributed by atoms with Crippen molar-refractivity contribution in [3.05, 3.63) is 58.4 Å². The Morgan fingerprint density at radius 1 is 1.06 bits per heavy atom. The van der Waals surface area contributed by atoms with E-state index in [1.165, 1.54) is 6.42 Å². The van der Waals surface area contributed by atoms with E-state index in [1.54, 1.807) is 38.5 Å². The molecular formula is C25H28N2O5. The summed E-state index contributed by atoms with van der Waals surface area (Å²) < 4.78 is 18.1. The van der Waals surface area contributed by atoms with Crippen molar-refractivity contribution in [2.75, 3.05) is 26.1 Å². The molecule has 0 spiro atoms. The molecule has 7 nitrogen and oxygen atoms in total. The van der Waals surface area contributed by atoms with Crippen LogP contribution >= 0.6 is 0 Å². The van der Waals surface area contributed by atoms with Crippen molar-refractivity contribution < 1.29 is 19.0 Å². The number of amides is 1. The lowest BCUT2D eigenvalue weighted by Crippen LogP contribution is -2.27. The summed E-state index contributed by atoms with van der Waals surface area (Å²) in [6.45, 7) is 2.51. The van der Waals surface area contributed by atoms with Gasteiger partial charge in [-0.05, 0) is 55.5 Å². The molecule has 1 heterocycles. The second kappa shape index (κ2) is 9.34. The number of nitrogens with zero attached hydrogens (tertiary/aromatic N) is 1. The fourth-order valence-electron chi connectivity index (χ4n) is 4.00. The Bertz CT molecular complexity index is 1200. The number of carbonyl (C=O) groups is 1. The fraction of sp³-hybridized carbons (Fsp3) is 0.360. The largest absolute Gasteiger partial charge is 0.493 e. The standard InChI is InChI=1S/C25H28N2O5/c1-16-11-25(29)27(14-17-5-4-6-17)21-13-19(8-9-20(16)21)32-15-24(28)26-18-7-10-22(30-2)23(12-18)31-3/h7-13,17H,4-6,14-15H2,1-3H3,(H,26,28). The lowest BCUT2D eigenvalue weighted by atomic mass is 9.85. The van der Waals surface area contributed by atoms with Crippen LogP contribution in [0.4, 0.5) is 5.69 Å². The number of aryl methyl sites for hydroxylation is 1. The van der Waals surface area contributed by atoms with Crippen LogP contribution < -0.4 is 25.1 Å². The third-order valence-corrected chi connectivity index (χ3v) is 5.99. The summed E-state index contributed by atoms with van der Waals surface area (Å²) >= 11 is 0. The van der Waals surface area contributed by atoms with Crippen molar-refractivity contribution in [1.82, 2.24) is 4.57 Å². The maximum atomic E-state index is 12.6. The van der Waals surface area contributed by atoms with Crippen LogP contribution in [0.2, 0.25) is 0 Å². The Labute approximate surface area is 186 Å². The molecule has 7 heteroatoms. The van der Waals surface area contributed by atoms with Crippen LogP contribution in [0.15, 0.2) is 47.3 Å². The normalized spacial score (nSPS) is 13.5. The zero-order chi connectivity index (χ0) is 22.7. The molecule has 0 bridgehead atoms. The second-order valence-corrected chi connectivity index (χ2v) is 8.16. The highest BCUT2D eigenvalue weighted by atomic mass is 16.5. The van der Waals surface area contributed by atoms with Gasteiger partial charge in [0.15, 0.2) is 18.1 Å². The van der Waals surface area contributed by atoms with E-state index in [0.717, 1.165) is 35.9 Å². The van der Waals surface area contributed by atoms with Gasteiger partial charge in [0.25, 0.3) is 11.5 Å². The van der Waals surface area contributed by atoms with E-state index in [0.29, 0.717) is 28.9 Å². The smallest absolute Gasteiger partial charge is 0.262 e. The van der Waals surface area contributed by atoms with Crippen molar-refractivity contribution in [3.63, 3.8) is 0 Å². The molecule has 0 unspecified atom stereocenters. The fourth-order valence-corrected chi connectivity index (χ4v) is 4.00. The van der Waals surface area contributed by atoms with Gasteiger partial charge in [0.1, 0.15) is 5.75 Å². The van der Waals surface area contributed by atoms with Gasteiger partial charge in [0, 0.05) is 35.8 Å². The minimum absolute atomic E-state index is 0.00486. The zero-order valence-electron chi connectivity index (χ0n) is 18.6. The first-order chi connectivity index (χ1) is 15.5. The van der Waals surface area contributed by atoms with Gasteiger partial charge in [-0.15, -0.1) is 0 Å². The highest BCUT2D eigenvalue weighted by molar-refractivity contribution is 5.92. The van der Waals surface area contributed by atoms with Crippen LogP contribution in [0.1, 0.15) is 24.8 Å². The highest BCUT2D eigenvalue weighted by Gasteiger charge is 2.20. The number of methoxy groups -OCH3 is 2. The molecule has 1 aromatic heterocycles. The molecule has 1 saturated carbocycles. The van der Waals surface area contributed by atoms with Gasteiger partial charge >= 0.3 is 0 Å². The average Bonchev–Trinajstić information content (AvgIpc) is 2.76. The summed E-state index contributed by atoms with van der Waals surface area (Å²) in [4.78, 5) is 25.1. The molecule has 0 saturated heterocycles. The molecule has 1 amide bonds. The molecular weight excluding hydrogens is 408 g/mol. The second-order valence-electron chi connectivity index (χ2n) is 8.16. The van der Waals surface area contributed by atoms with Crippen LogP contribution in [0.5, 0.6) is 17.2 Å². The molecule has 1 N–H and O–H groups in total. The number of fused-ring (bicyclic) bond motifs is 1. The van der Waals surface area contributed by atoms with E-state index >= 15 is 0 Å². The first-order valence-electron chi connectivity index (χ1n) is 10.8. The average molecular weight is 437 g/mol. The number of aromatic nitrogens is 1. The summed E-state index contributed by atoms with van der Waals surface area (Å²) in [5, 5.41) is 3.81. The molecule has 1 aliphatic carbocycles. The van der Waals surface area contributed by atoms with Crippen LogP contribution in [0, 0.1) is 12.8 Å². The maximum absolute atomic E-state index is 12.6. The van der Waals surface area contributed by atoms with Crippen molar-refractivity contribution >= 4 is 22.5 Å². The van der Waals surface area contributed by atoms with Gasteiger partial charge in [-0.3, -0.25) is 9.59 Å². The van der Waals surface area contributed by atoms with Gasteiger partial charge in [-0.25, -0.2) is 0 Å². The number of anilines is 1. The lowest BCUT2D eigenvalue weighted by Gasteiger charge is -2.27. The molecule has 2 aromatic carbocycles. The van der Waals surface area contributed by atoms with E-state index < -0.39 is 0 Å². The number of pyridine rings is 1. The van der Waals surface area contributed by atoms with E-state index in [9.17, 15) is 9.59 Å². The predicted octanol–water partition coefficient (Wildman–Crippen LogP) is 4.14. The Balaban J connectivity index is 1.48. The number of rotatable bonds is 8. The molecule has 4 rings (SSSR count). The van der Waals surface area contributed by atoms with Crippen LogP contribution in [0.25, 0.3) is 10.9 Å². The maximum Gasteiger partial charge on any atom is 0.262 e. The molecule has 3 aromatic rings. The molecule has 0 radical (unpaired) electrons. The summed E-state index contributed by atoms with van der Waals surface area (Å²) in [7, 11) is 3.10. The monoisotopic (exact) mass is 436 g/mol. The number of nitrogens with one attached hydrogen (secondary N) is 1. The lowest BCUT2D eigenvalue weighted by molar-refractivity contribution is -0.118. The quantitative estimate of drug-likeness (QED) is 0.574. The van der Waals surface area contributed by atoms with Crippen LogP contribution in [-0.4, -0.2) is 31.3 Å². The SMILES string of the molecule is COc1ccc(NC(=O)COc2ccc3c(C)cc(=O)n(CC4CCC4)c3c2)cc1OC. The molecule has 0 atom stereocenters. The Hall–Kier alpha value is -3.48. The highest BCUT2D eigenvalue weighted by Crippen LogP contribution is 2.31. The molecule has 1 aliphatic rings. The van der Waals surface area contributed by atoms with Gasteiger partial charge in [-0.2, -0.15) is 0 Å². The van der Waals surface area contributed by atoms with Gasteiger partial charge in [0.05, 0.1) is 19.7 Å². The minimum Gasteiger partial charge on any atom is -0.493 e. The third kappa shape index (κ3) is 4.56. The number of benzene rings is 2. The third-order valence-electron chi connectivity index (χ3n) is 5.99. The Morgan fingerprint density at radius 3 is 2.53 bits per heavy atom. The van der Waals surface area contributed by atoms with Gasteiger partial charge < -0.3 is 24.1 Å². The predicted molar refractivity (Wildman–Crippen MR) is 124 cm³/mol. The molecule has 32 heavy (non-hydrogen) atoms. The van der Waals surface area contributed by atoms with E-state index in [1.807, 2.05) is 29.7 Å². The Kier molecular flexibility index (Phi) is 6.35. The molecule has 0 aliphatic heterocycles. The molecule has 1 fully saturated rings. The minimum atomic E-state index is -0.298.